The zero-order valence-electron chi connectivity index (χ0n) is 11.3. The lowest BCUT2D eigenvalue weighted by molar-refractivity contribution is 0.492. The summed E-state index contributed by atoms with van der Waals surface area (Å²) in [5.41, 5.74) is 3.35. The molecule has 1 aromatic carbocycles. The number of furan rings is 1. The van der Waals surface area contributed by atoms with Crippen molar-refractivity contribution in [3.05, 3.63) is 46.2 Å². The molecule has 0 radical (unpaired) electrons. The van der Waals surface area contributed by atoms with E-state index < -0.39 is 0 Å². The smallest absolute Gasteiger partial charge is 0.134 e. The van der Waals surface area contributed by atoms with Crippen LogP contribution in [0.25, 0.3) is 11.3 Å². The summed E-state index contributed by atoms with van der Waals surface area (Å²) in [5.74, 6) is 1.92. The van der Waals surface area contributed by atoms with E-state index in [-0.39, 0.29) is 0 Å². The molecule has 100 valence electrons. The largest absolute Gasteiger partial charge is 0.460 e. The summed E-state index contributed by atoms with van der Waals surface area (Å²) in [6.07, 6.45) is 2.59. The van der Waals surface area contributed by atoms with Crippen molar-refractivity contribution in [3.8, 4) is 11.3 Å². The molecular formula is C16H18ClNO. The van der Waals surface area contributed by atoms with Crippen LogP contribution in [-0.2, 0) is 6.54 Å². The molecule has 0 aliphatic heterocycles. The van der Waals surface area contributed by atoms with Crippen molar-refractivity contribution in [2.75, 3.05) is 0 Å². The third kappa shape index (κ3) is 2.85. The first-order valence-electron chi connectivity index (χ1n) is 6.72. The Balaban J connectivity index is 1.83. The summed E-state index contributed by atoms with van der Waals surface area (Å²) in [6, 6.07) is 8.88. The average Bonchev–Trinajstić information content (AvgIpc) is 3.09. The molecule has 3 heteroatoms. The maximum atomic E-state index is 6.13. The number of hydrogen-bond acceptors (Lipinski definition) is 2. The van der Waals surface area contributed by atoms with E-state index in [0.29, 0.717) is 6.04 Å². The normalized spacial score (nSPS) is 14.9. The highest BCUT2D eigenvalue weighted by Crippen LogP contribution is 2.30. The van der Waals surface area contributed by atoms with E-state index in [9.17, 15) is 0 Å². The van der Waals surface area contributed by atoms with Crippen LogP contribution in [0.3, 0.4) is 0 Å². The summed E-state index contributed by atoms with van der Waals surface area (Å²) in [5, 5.41) is 4.27. The van der Waals surface area contributed by atoms with E-state index in [2.05, 4.69) is 18.3 Å². The lowest BCUT2D eigenvalue weighted by atomic mass is 10.0. The molecule has 1 N–H and O–H groups in total. The Bertz CT molecular complexity index is 599. The van der Waals surface area contributed by atoms with Gasteiger partial charge in [0.15, 0.2) is 0 Å². The molecule has 1 aliphatic rings. The van der Waals surface area contributed by atoms with E-state index >= 15 is 0 Å². The Morgan fingerprint density at radius 1 is 1.21 bits per heavy atom. The van der Waals surface area contributed by atoms with Crippen LogP contribution in [0.1, 0.15) is 29.7 Å². The molecular weight excluding hydrogens is 258 g/mol. The van der Waals surface area contributed by atoms with E-state index in [1.807, 2.05) is 25.1 Å². The average molecular weight is 276 g/mol. The van der Waals surface area contributed by atoms with Gasteiger partial charge < -0.3 is 9.73 Å². The second kappa shape index (κ2) is 5.03. The molecule has 1 saturated carbocycles. The number of nitrogens with one attached hydrogen (secondary N) is 1. The lowest BCUT2D eigenvalue weighted by Crippen LogP contribution is -2.14. The van der Waals surface area contributed by atoms with Crippen molar-refractivity contribution in [1.29, 1.82) is 0 Å². The minimum atomic E-state index is 0.702. The van der Waals surface area contributed by atoms with Crippen LogP contribution in [0.4, 0.5) is 0 Å². The van der Waals surface area contributed by atoms with E-state index in [1.165, 1.54) is 12.8 Å². The molecule has 1 heterocycles. The van der Waals surface area contributed by atoms with Gasteiger partial charge in [-0.05, 0) is 62.1 Å². The zero-order valence-corrected chi connectivity index (χ0v) is 12.1. The first kappa shape index (κ1) is 12.8. The highest BCUT2D eigenvalue weighted by Gasteiger charge is 2.20. The zero-order chi connectivity index (χ0) is 13.4. The summed E-state index contributed by atoms with van der Waals surface area (Å²) in [4.78, 5) is 0. The van der Waals surface area contributed by atoms with Gasteiger partial charge in [-0.3, -0.25) is 0 Å². The van der Waals surface area contributed by atoms with Gasteiger partial charge in [0.2, 0.25) is 0 Å². The molecule has 1 aromatic heterocycles. The van der Waals surface area contributed by atoms with Gasteiger partial charge in [-0.25, -0.2) is 0 Å². The maximum Gasteiger partial charge on any atom is 0.134 e. The van der Waals surface area contributed by atoms with Crippen molar-refractivity contribution in [2.24, 2.45) is 0 Å². The van der Waals surface area contributed by atoms with Gasteiger partial charge in [0.05, 0.1) is 6.54 Å². The fraction of sp³-hybridized carbons (Fsp3) is 0.375. The van der Waals surface area contributed by atoms with Crippen molar-refractivity contribution in [1.82, 2.24) is 5.32 Å². The fourth-order valence-corrected chi connectivity index (χ4v) is 2.41. The van der Waals surface area contributed by atoms with Crippen LogP contribution in [0.15, 0.2) is 28.7 Å². The van der Waals surface area contributed by atoms with Crippen LogP contribution >= 0.6 is 11.6 Å². The first-order valence-corrected chi connectivity index (χ1v) is 7.10. The Kier molecular flexibility index (Phi) is 3.38. The number of halogens is 1. The Morgan fingerprint density at radius 2 is 2.00 bits per heavy atom. The molecule has 0 amide bonds. The molecule has 0 bridgehead atoms. The van der Waals surface area contributed by atoms with Crippen molar-refractivity contribution in [2.45, 2.75) is 39.3 Å². The summed E-state index contributed by atoms with van der Waals surface area (Å²) >= 11 is 6.13. The summed E-state index contributed by atoms with van der Waals surface area (Å²) < 4.78 is 5.92. The van der Waals surface area contributed by atoms with Gasteiger partial charge in [0.1, 0.15) is 11.5 Å². The molecule has 0 atom stereocenters. The Labute approximate surface area is 118 Å². The lowest BCUT2D eigenvalue weighted by Gasteiger charge is -2.06. The van der Waals surface area contributed by atoms with Crippen LogP contribution in [0.2, 0.25) is 5.02 Å². The van der Waals surface area contributed by atoms with Crippen molar-refractivity contribution < 1.29 is 4.42 Å². The predicted octanol–water partition coefficient (Wildman–Crippen LogP) is 4.47. The minimum absolute atomic E-state index is 0.702. The number of benzene rings is 1. The number of aryl methyl sites for hydroxylation is 2. The van der Waals surface area contributed by atoms with Gasteiger partial charge in [-0.15, -0.1) is 0 Å². The highest BCUT2D eigenvalue weighted by atomic mass is 35.5. The van der Waals surface area contributed by atoms with E-state index in [4.69, 9.17) is 16.0 Å². The minimum Gasteiger partial charge on any atom is -0.460 e. The van der Waals surface area contributed by atoms with Crippen LogP contribution in [0, 0.1) is 13.8 Å². The van der Waals surface area contributed by atoms with Crippen LogP contribution in [-0.4, -0.2) is 6.04 Å². The van der Waals surface area contributed by atoms with Gasteiger partial charge in [0, 0.05) is 16.6 Å². The second-order valence-corrected chi connectivity index (χ2v) is 5.74. The Hall–Kier alpha value is -1.25. The van der Waals surface area contributed by atoms with Crippen molar-refractivity contribution in [3.63, 3.8) is 0 Å². The third-order valence-corrected chi connectivity index (χ3v) is 3.98. The van der Waals surface area contributed by atoms with E-state index in [0.717, 1.165) is 39.8 Å². The molecule has 0 spiro atoms. The van der Waals surface area contributed by atoms with Crippen LogP contribution in [0.5, 0.6) is 0 Å². The fourth-order valence-electron chi connectivity index (χ4n) is 2.20. The molecule has 3 rings (SSSR count). The van der Waals surface area contributed by atoms with Gasteiger partial charge in [-0.2, -0.15) is 0 Å². The SMILES string of the molecule is Cc1cc(-c2ccc(CNC3CC3)o2)c(C)cc1Cl. The van der Waals surface area contributed by atoms with Gasteiger partial charge in [0.25, 0.3) is 0 Å². The standard InChI is InChI=1S/C16H18ClNO/c1-10-8-15(17)11(2)7-14(10)16-6-5-13(19-16)9-18-12-3-4-12/h5-8,12,18H,3-4,9H2,1-2H3. The number of hydrogen-bond donors (Lipinski definition) is 1. The monoisotopic (exact) mass is 275 g/mol. The summed E-state index contributed by atoms with van der Waals surface area (Å²) in [6.45, 7) is 4.89. The Morgan fingerprint density at radius 3 is 2.74 bits per heavy atom. The quantitative estimate of drug-likeness (QED) is 0.891. The topological polar surface area (TPSA) is 25.2 Å². The molecule has 1 aliphatic carbocycles. The molecule has 19 heavy (non-hydrogen) atoms. The predicted molar refractivity (Wildman–Crippen MR) is 78.5 cm³/mol. The highest BCUT2D eigenvalue weighted by molar-refractivity contribution is 6.31. The molecule has 0 saturated heterocycles. The third-order valence-electron chi connectivity index (χ3n) is 3.58. The molecule has 1 fully saturated rings. The molecule has 2 nitrogen and oxygen atoms in total. The van der Waals surface area contributed by atoms with Gasteiger partial charge in [-0.1, -0.05) is 11.6 Å². The van der Waals surface area contributed by atoms with Crippen LogP contribution < -0.4 is 5.32 Å². The van der Waals surface area contributed by atoms with E-state index in [1.54, 1.807) is 0 Å². The van der Waals surface area contributed by atoms with Gasteiger partial charge >= 0.3 is 0 Å². The maximum absolute atomic E-state index is 6.13. The molecule has 2 aromatic rings. The number of rotatable bonds is 4. The van der Waals surface area contributed by atoms with Crippen molar-refractivity contribution >= 4 is 11.6 Å². The first-order chi connectivity index (χ1) is 9.13. The summed E-state index contributed by atoms with van der Waals surface area (Å²) in [7, 11) is 0. The molecule has 0 unspecified atom stereocenters. The second-order valence-electron chi connectivity index (χ2n) is 5.34.